The summed E-state index contributed by atoms with van der Waals surface area (Å²) in [6.07, 6.45) is 0.483. The van der Waals surface area contributed by atoms with Crippen LogP contribution in [0.25, 0.3) is 0 Å². The smallest absolute Gasteiger partial charge is 0.311 e. The van der Waals surface area contributed by atoms with Gasteiger partial charge in [-0.2, -0.15) is 0 Å². The van der Waals surface area contributed by atoms with E-state index in [1.807, 2.05) is 0 Å². The molecule has 0 fully saturated rings. The number of ether oxygens (including phenoxy) is 2. The molecule has 0 saturated carbocycles. The van der Waals surface area contributed by atoms with E-state index < -0.39 is 11.9 Å². The Bertz CT molecular complexity index is 413. The van der Waals surface area contributed by atoms with Crippen LogP contribution in [0.1, 0.15) is 17.9 Å². The Kier molecular flexibility index (Phi) is 4.51. The molecule has 5 nitrogen and oxygen atoms in total. The fourth-order valence-electron chi connectivity index (χ4n) is 1.57. The predicted octanol–water partition coefficient (Wildman–Crippen LogP) is 1.46. The zero-order valence-electron chi connectivity index (χ0n) is 9.67. The van der Waals surface area contributed by atoms with Gasteiger partial charge in [-0.1, -0.05) is 0 Å². The molecule has 1 aromatic rings. The lowest BCUT2D eigenvalue weighted by molar-refractivity contribution is -0.139. The van der Waals surface area contributed by atoms with Gasteiger partial charge in [-0.25, -0.2) is 0 Å². The van der Waals surface area contributed by atoms with Crippen LogP contribution in [0.4, 0.5) is 0 Å². The van der Waals surface area contributed by atoms with Crippen LogP contribution in [-0.4, -0.2) is 31.6 Å². The maximum atomic E-state index is 11.1. The maximum Gasteiger partial charge on any atom is 0.311 e. The van der Waals surface area contributed by atoms with Crippen LogP contribution in [0.3, 0.4) is 0 Å². The van der Waals surface area contributed by atoms with Crippen LogP contribution in [0.2, 0.25) is 0 Å². The van der Waals surface area contributed by atoms with Gasteiger partial charge >= 0.3 is 5.97 Å². The van der Waals surface area contributed by atoms with E-state index in [0.29, 0.717) is 23.3 Å². The third-order valence-corrected chi connectivity index (χ3v) is 2.44. The molecule has 0 aliphatic carbocycles. The largest absolute Gasteiger partial charge is 0.497 e. The first kappa shape index (κ1) is 13.0. The molecule has 0 aliphatic rings. The number of rotatable bonds is 6. The van der Waals surface area contributed by atoms with Crippen molar-refractivity contribution in [3.05, 3.63) is 23.8 Å². The van der Waals surface area contributed by atoms with Crippen LogP contribution in [0, 0.1) is 0 Å². The lowest BCUT2D eigenvalue weighted by atomic mass is 9.95. The zero-order valence-corrected chi connectivity index (χ0v) is 9.67. The van der Waals surface area contributed by atoms with Crippen LogP contribution in [0.5, 0.6) is 11.5 Å². The molecule has 1 unspecified atom stereocenters. The Morgan fingerprint density at radius 1 is 1.41 bits per heavy atom. The first-order valence-electron chi connectivity index (χ1n) is 5.02. The molecule has 1 atom stereocenters. The minimum absolute atomic E-state index is 0.0984. The number of aldehydes is 1. The summed E-state index contributed by atoms with van der Waals surface area (Å²) >= 11 is 0. The highest BCUT2D eigenvalue weighted by atomic mass is 16.5. The second-order valence-corrected chi connectivity index (χ2v) is 3.40. The van der Waals surface area contributed by atoms with E-state index in [1.54, 1.807) is 18.2 Å². The van der Waals surface area contributed by atoms with Crippen molar-refractivity contribution in [2.75, 3.05) is 14.2 Å². The van der Waals surface area contributed by atoms with Gasteiger partial charge in [0.1, 0.15) is 17.8 Å². The van der Waals surface area contributed by atoms with E-state index in [1.165, 1.54) is 14.2 Å². The third-order valence-electron chi connectivity index (χ3n) is 2.44. The van der Waals surface area contributed by atoms with E-state index in [2.05, 4.69) is 0 Å². The summed E-state index contributed by atoms with van der Waals surface area (Å²) in [7, 11) is 2.94. The van der Waals surface area contributed by atoms with Crippen molar-refractivity contribution in [2.24, 2.45) is 0 Å². The van der Waals surface area contributed by atoms with Gasteiger partial charge in [0.15, 0.2) is 0 Å². The zero-order chi connectivity index (χ0) is 12.8. The van der Waals surface area contributed by atoms with Crippen LogP contribution in [-0.2, 0) is 9.59 Å². The van der Waals surface area contributed by atoms with Gasteiger partial charge < -0.3 is 19.4 Å². The minimum atomic E-state index is -1.07. The average Bonchev–Trinajstić information content (AvgIpc) is 2.34. The third kappa shape index (κ3) is 2.96. The fraction of sp³-hybridized carbons (Fsp3) is 0.333. The molecule has 92 valence electrons. The first-order chi connectivity index (χ1) is 8.13. The van der Waals surface area contributed by atoms with Crippen molar-refractivity contribution in [1.82, 2.24) is 0 Å². The lowest BCUT2D eigenvalue weighted by Crippen LogP contribution is -2.13. The fourth-order valence-corrected chi connectivity index (χ4v) is 1.57. The molecule has 1 aromatic carbocycles. The van der Waals surface area contributed by atoms with Crippen molar-refractivity contribution >= 4 is 12.3 Å². The summed E-state index contributed by atoms with van der Waals surface area (Å²) in [6, 6.07) is 4.86. The van der Waals surface area contributed by atoms with E-state index in [0.717, 1.165) is 0 Å². The highest BCUT2D eigenvalue weighted by molar-refractivity contribution is 5.80. The molecule has 5 heteroatoms. The Hall–Kier alpha value is -2.04. The van der Waals surface area contributed by atoms with Crippen molar-refractivity contribution in [2.45, 2.75) is 12.3 Å². The number of carbonyl (C=O) groups is 2. The second-order valence-electron chi connectivity index (χ2n) is 3.40. The molecule has 0 spiro atoms. The van der Waals surface area contributed by atoms with Crippen LogP contribution < -0.4 is 9.47 Å². The highest BCUT2D eigenvalue weighted by Crippen LogP contribution is 2.32. The summed E-state index contributed by atoms with van der Waals surface area (Å²) in [5.41, 5.74) is 0.437. The summed E-state index contributed by atoms with van der Waals surface area (Å²) in [5, 5.41) is 9.09. The summed E-state index contributed by atoms with van der Waals surface area (Å²) < 4.78 is 10.1. The molecule has 0 amide bonds. The molecule has 1 rings (SSSR count). The number of aliphatic carboxylic acids is 1. The van der Waals surface area contributed by atoms with Gasteiger partial charge in [0.25, 0.3) is 0 Å². The number of methoxy groups -OCH3 is 2. The van der Waals surface area contributed by atoms with Crippen molar-refractivity contribution in [3.8, 4) is 11.5 Å². The summed E-state index contributed by atoms with van der Waals surface area (Å²) in [6.45, 7) is 0. The molecule has 17 heavy (non-hydrogen) atoms. The molecular formula is C12H14O5. The topological polar surface area (TPSA) is 72.8 Å². The van der Waals surface area contributed by atoms with Crippen molar-refractivity contribution in [1.29, 1.82) is 0 Å². The number of hydrogen-bond donors (Lipinski definition) is 1. The molecule has 0 bridgehead atoms. The maximum absolute atomic E-state index is 11.1. The van der Waals surface area contributed by atoms with E-state index in [-0.39, 0.29) is 6.42 Å². The average molecular weight is 238 g/mol. The number of benzene rings is 1. The lowest BCUT2D eigenvalue weighted by Gasteiger charge is -2.15. The van der Waals surface area contributed by atoms with Crippen LogP contribution in [0.15, 0.2) is 18.2 Å². The standard InChI is InChI=1S/C12H14O5/c1-16-8-3-4-11(17-2)10(7-8)9(5-6-13)12(14)15/h3-4,6-7,9H,5H2,1-2H3,(H,14,15). The summed E-state index contributed by atoms with van der Waals surface area (Å²) in [4.78, 5) is 21.6. The van der Waals surface area contributed by atoms with E-state index in [9.17, 15) is 9.59 Å². The van der Waals surface area contributed by atoms with E-state index >= 15 is 0 Å². The Labute approximate surface area is 99.0 Å². The minimum Gasteiger partial charge on any atom is -0.497 e. The highest BCUT2D eigenvalue weighted by Gasteiger charge is 2.23. The Balaban J connectivity index is 3.22. The normalized spacial score (nSPS) is 11.6. The van der Waals surface area contributed by atoms with Crippen molar-refractivity contribution < 1.29 is 24.2 Å². The number of carboxylic acid groups (broad SMARTS) is 1. The Morgan fingerprint density at radius 2 is 2.12 bits per heavy atom. The summed E-state index contributed by atoms with van der Waals surface area (Å²) in [5.74, 6) is -1.03. The molecule has 0 saturated heterocycles. The first-order valence-corrected chi connectivity index (χ1v) is 5.02. The predicted molar refractivity (Wildman–Crippen MR) is 60.6 cm³/mol. The van der Waals surface area contributed by atoms with Gasteiger partial charge in [-0.15, -0.1) is 0 Å². The Morgan fingerprint density at radius 3 is 2.59 bits per heavy atom. The number of carboxylic acids is 1. The molecule has 0 heterocycles. The molecule has 0 radical (unpaired) electrons. The van der Waals surface area contributed by atoms with Crippen LogP contribution >= 0.6 is 0 Å². The second kappa shape index (κ2) is 5.89. The monoisotopic (exact) mass is 238 g/mol. The SMILES string of the molecule is COc1ccc(OC)c(C(CC=O)C(=O)O)c1. The number of hydrogen-bond acceptors (Lipinski definition) is 4. The van der Waals surface area contributed by atoms with Gasteiger partial charge in [0, 0.05) is 12.0 Å². The van der Waals surface area contributed by atoms with Gasteiger partial charge in [-0.3, -0.25) is 4.79 Å². The van der Waals surface area contributed by atoms with Gasteiger partial charge in [0.2, 0.25) is 0 Å². The van der Waals surface area contributed by atoms with Gasteiger partial charge in [-0.05, 0) is 18.2 Å². The number of carbonyl (C=O) groups excluding carboxylic acids is 1. The quantitative estimate of drug-likeness (QED) is 0.759. The van der Waals surface area contributed by atoms with Gasteiger partial charge in [0.05, 0.1) is 20.1 Å². The molecule has 0 aliphatic heterocycles. The molecular weight excluding hydrogens is 224 g/mol. The van der Waals surface area contributed by atoms with Crippen molar-refractivity contribution in [3.63, 3.8) is 0 Å². The van der Waals surface area contributed by atoms with E-state index in [4.69, 9.17) is 14.6 Å². The molecule has 1 N–H and O–H groups in total. The molecule has 0 aromatic heterocycles.